The van der Waals surface area contributed by atoms with E-state index in [9.17, 15) is 5.26 Å². The topological polar surface area (TPSA) is 52.0 Å². The van der Waals surface area contributed by atoms with Gasteiger partial charge in [-0.25, -0.2) is 0 Å². The maximum Gasteiger partial charge on any atom is 0.109 e. The molecule has 1 N–H and O–H groups in total. The second-order valence-corrected chi connectivity index (χ2v) is 6.12. The number of nitriles is 1. The fraction of sp³-hybridized carbons (Fsp3) is 0.647. The largest absolute Gasteiger partial charge is 0.306 e. The molecule has 4 heteroatoms. The van der Waals surface area contributed by atoms with E-state index in [1.165, 1.54) is 18.4 Å². The number of rotatable bonds is 7. The lowest BCUT2D eigenvalue weighted by molar-refractivity contribution is 0.258. The zero-order chi connectivity index (χ0) is 15.1. The molecule has 1 saturated carbocycles. The number of aromatic nitrogens is 1. The van der Waals surface area contributed by atoms with E-state index in [0.717, 1.165) is 32.4 Å². The highest BCUT2D eigenvalue weighted by Crippen LogP contribution is 2.37. The smallest absolute Gasteiger partial charge is 0.109 e. The van der Waals surface area contributed by atoms with E-state index in [0.29, 0.717) is 5.92 Å². The predicted molar refractivity (Wildman–Crippen MR) is 84.8 cm³/mol. The molecule has 0 amide bonds. The highest BCUT2D eigenvalue weighted by atomic mass is 15.1. The Labute approximate surface area is 128 Å². The van der Waals surface area contributed by atoms with E-state index in [2.05, 4.69) is 40.5 Å². The molecule has 2 atom stereocenters. The van der Waals surface area contributed by atoms with Crippen molar-refractivity contribution >= 4 is 0 Å². The zero-order valence-corrected chi connectivity index (χ0v) is 13.2. The predicted octanol–water partition coefficient (Wildman–Crippen LogP) is 2.23. The molecule has 2 unspecified atom stereocenters. The lowest BCUT2D eigenvalue weighted by atomic mass is 9.86. The van der Waals surface area contributed by atoms with Gasteiger partial charge < -0.3 is 10.2 Å². The van der Waals surface area contributed by atoms with Crippen molar-refractivity contribution in [2.24, 2.45) is 5.92 Å². The van der Waals surface area contributed by atoms with Crippen LogP contribution in [0.4, 0.5) is 0 Å². The van der Waals surface area contributed by atoms with Crippen LogP contribution >= 0.6 is 0 Å². The molecule has 2 rings (SSSR count). The van der Waals surface area contributed by atoms with Crippen molar-refractivity contribution in [3.8, 4) is 6.07 Å². The Morgan fingerprint density at radius 1 is 1.43 bits per heavy atom. The fourth-order valence-electron chi connectivity index (χ4n) is 3.36. The summed E-state index contributed by atoms with van der Waals surface area (Å²) in [6, 6.07) is 6.67. The van der Waals surface area contributed by atoms with Gasteiger partial charge >= 0.3 is 0 Å². The van der Waals surface area contributed by atoms with Gasteiger partial charge in [-0.3, -0.25) is 4.98 Å². The lowest BCUT2D eigenvalue weighted by Crippen LogP contribution is -2.45. The summed E-state index contributed by atoms with van der Waals surface area (Å²) in [6.07, 6.45) is 9.18. The Hall–Kier alpha value is -1.44. The average molecular weight is 286 g/mol. The van der Waals surface area contributed by atoms with Crippen LogP contribution in [0.25, 0.3) is 0 Å². The van der Waals surface area contributed by atoms with Crippen molar-refractivity contribution in [1.82, 2.24) is 15.2 Å². The van der Waals surface area contributed by atoms with Crippen LogP contribution in [-0.4, -0.2) is 42.6 Å². The quantitative estimate of drug-likeness (QED) is 0.835. The summed E-state index contributed by atoms with van der Waals surface area (Å²) in [7, 11) is 4.10. The minimum atomic E-state index is -0.286. The number of nitrogens with zero attached hydrogens (tertiary/aromatic N) is 3. The van der Waals surface area contributed by atoms with Crippen LogP contribution < -0.4 is 5.32 Å². The van der Waals surface area contributed by atoms with Gasteiger partial charge in [0.05, 0.1) is 6.07 Å². The van der Waals surface area contributed by atoms with E-state index in [1.807, 2.05) is 19.4 Å². The van der Waals surface area contributed by atoms with Gasteiger partial charge in [0.1, 0.15) is 5.54 Å². The third-order valence-corrected chi connectivity index (χ3v) is 4.86. The molecule has 114 valence electrons. The molecule has 21 heavy (non-hydrogen) atoms. The van der Waals surface area contributed by atoms with Crippen molar-refractivity contribution in [3.63, 3.8) is 0 Å². The van der Waals surface area contributed by atoms with Crippen LogP contribution in [0.1, 0.15) is 31.2 Å². The van der Waals surface area contributed by atoms with E-state index in [-0.39, 0.29) is 5.54 Å². The van der Waals surface area contributed by atoms with Gasteiger partial charge in [-0.05, 0) is 69.9 Å². The number of nitrogens with one attached hydrogen (secondary N) is 1. The van der Waals surface area contributed by atoms with E-state index >= 15 is 0 Å². The second kappa shape index (κ2) is 7.53. The van der Waals surface area contributed by atoms with Crippen LogP contribution in [0.2, 0.25) is 0 Å². The van der Waals surface area contributed by atoms with Crippen molar-refractivity contribution < 1.29 is 0 Å². The molecule has 1 fully saturated rings. The molecule has 1 aliphatic rings. The molecular weight excluding hydrogens is 260 g/mol. The van der Waals surface area contributed by atoms with E-state index < -0.39 is 0 Å². The van der Waals surface area contributed by atoms with Crippen molar-refractivity contribution in [1.29, 1.82) is 5.26 Å². The monoisotopic (exact) mass is 286 g/mol. The molecule has 0 bridgehead atoms. The Morgan fingerprint density at radius 2 is 2.19 bits per heavy atom. The summed E-state index contributed by atoms with van der Waals surface area (Å²) >= 11 is 0. The second-order valence-electron chi connectivity index (χ2n) is 6.12. The van der Waals surface area contributed by atoms with Gasteiger partial charge in [0.2, 0.25) is 0 Å². The number of likely N-dealkylation sites (N-methyl/N-ethyl adjacent to an activating group) is 1. The average Bonchev–Trinajstić information content (AvgIpc) is 2.95. The van der Waals surface area contributed by atoms with Crippen molar-refractivity contribution in [3.05, 3.63) is 30.1 Å². The number of pyridine rings is 1. The summed E-state index contributed by atoms with van der Waals surface area (Å²) in [5.74, 6) is 0.482. The van der Waals surface area contributed by atoms with Gasteiger partial charge in [-0.15, -0.1) is 0 Å². The summed E-state index contributed by atoms with van der Waals surface area (Å²) in [5, 5.41) is 12.7. The summed E-state index contributed by atoms with van der Waals surface area (Å²) < 4.78 is 0. The van der Waals surface area contributed by atoms with Crippen molar-refractivity contribution in [2.45, 2.75) is 37.6 Å². The maximum absolute atomic E-state index is 9.47. The first-order valence-electron chi connectivity index (χ1n) is 7.88. The highest BCUT2D eigenvalue weighted by Gasteiger charge is 2.41. The molecule has 0 spiro atoms. The van der Waals surface area contributed by atoms with Crippen LogP contribution in [0.3, 0.4) is 0 Å². The van der Waals surface area contributed by atoms with Crippen LogP contribution in [-0.2, 0) is 6.42 Å². The number of hydrogen-bond donors (Lipinski definition) is 1. The first-order chi connectivity index (χ1) is 10.2. The van der Waals surface area contributed by atoms with Gasteiger partial charge in [0.25, 0.3) is 0 Å². The van der Waals surface area contributed by atoms with Crippen LogP contribution in [0.5, 0.6) is 0 Å². The van der Waals surface area contributed by atoms with E-state index in [4.69, 9.17) is 0 Å². The summed E-state index contributed by atoms with van der Waals surface area (Å²) in [5.41, 5.74) is 1.05. The molecule has 0 aromatic carbocycles. The summed E-state index contributed by atoms with van der Waals surface area (Å²) in [4.78, 5) is 6.42. The first-order valence-corrected chi connectivity index (χ1v) is 7.88. The Bertz CT molecular complexity index is 467. The minimum Gasteiger partial charge on any atom is -0.306 e. The highest BCUT2D eigenvalue weighted by molar-refractivity contribution is 5.13. The van der Waals surface area contributed by atoms with Gasteiger partial charge in [0.15, 0.2) is 0 Å². The van der Waals surface area contributed by atoms with Gasteiger partial charge in [0, 0.05) is 18.9 Å². The van der Waals surface area contributed by atoms with Crippen molar-refractivity contribution in [2.75, 3.05) is 27.2 Å². The fourth-order valence-corrected chi connectivity index (χ4v) is 3.36. The lowest BCUT2D eigenvalue weighted by Gasteiger charge is -2.29. The Balaban J connectivity index is 1.76. The third kappa shape index (κ3) is 4.03. The van der Waals surface area contributed by atoms with Gasteiger partial charge in [-0.1, -0.05) is 6.42 Å². The first kappa shape index (κ1) is 15.9. The molecule has 1 aromatic heterocycles. The Kier molecular flexibility index (Phi) is 5.72. The van der Waals surface area contributed by atoms with Gasteiger partial charge in [-0.2, -0.15) is 5.26 Å². The molecule has 1 heterocycles. The standard InChI is InChI=1S/C17H26N4/c1-19-17(14-18)9-3-4-16(17)8-13-21(2)12-7-15-5-10-20-11-6-15/h5-6,10-11,16,19H,3-4,7-9,12-13H2,1-2H3. The molecule has 4 nitrogen and oxygen atoms in total. The van der Waals surface area contributed by atoms with Crippen LogP contribution in [0, 0.1) is 17.2 Å². The van der Waals surface area contributed by atoms with E-state index in [1.54, 1.807) is 0 Å². The van der Waals surface area contributed by atoms with Crippen LogP contribution in [0.15, 0.2) is 24.5 Å². The molecule has 0 radical (unpaired) electrons. The number of hydrogen-bond acceptors (Lipinski definition) is 4. The summed E-state index contributed by atoms with van der Waals surface area (Å²) in [6.45, 7) is 2.11. The molecule has 0 aliphatic heterocycles. The zero-order valence-electron chi connectivity index (χ0n) is 13.2. The Morgan fingerprint density at radius 3 is 2.86 bits per heavy atom. The minimum absolute atomic E-state index is 0.286. The maximum atomic E-state index is 9.47. The third-order valence-electron chi connectivity index (χ3n) is 4.86. The SMILES string of the molecule is CNC1(C#N)CCCC1CCN(C)CCc1ccncc1. The molecule has 0 saturated heterocycles. The molecule has 1 aliphatic carbocycles. The molecule has 1 aromatic rings. The molecular formula is C17H26N4. The normalized spacial score (nSPS) is 25.1.